The van der Waals surface area contributed by atoms with Crippen molar-refractivity contribution in [3.05, 3.63) is 46.9 Å². The molecule has 0 aliphatic carbocycles. The van der Waals surface area contributed by atoms with Gasteiger partial charge in [0.25, 0.3) is 5.91 Å². The van der Waals surface area contributed by atoms with Gasteiger partial charge in [-0.25, -0.2) is 4.39 Å². The Kier molecular flexibility index (Phi) is 4.15. The lowest BCUT2D eigenvalue weighted by molar-refractivity contribution is 0.0578. The van der Waals surface area contributed by atoms with E-state index in [0.29, 0.717) is 18.3 Å². The van der Waals surface area contributed by atoms with Crippen LogP contribution in [0.2, 0.25) is 0 Å². The van der Waals surface area contributed by atoms with Crippen LogP contribution < -0.4 is 0 Å². The van der Waals surface area contributed by atoms with E-state index in [2.05, 4.69) is 10.2 Å². The van der Waals surface area contributed by atoms with Gasteiger partial charge in [-0.15, -0.1) is 10.2 Å². The molecule has 1 amide bonds. The van der Waals surface area contributed by atoms with Crippen LogP contribution in [0, 0.1) is 19.7 Å². The van der Waals surface area contributed by atoms with Crippen molar-refractivity contribution in [2.24, 2.45) is 0 Å². The smallest absolute Gasteiger partial charge is 0.257 e. The maximum Gasteiger partial charge on any atom is 0.257 e. The van der Waals surface area contributed by atoms with Gasteiger partial charge in [0, 0.05) is 19.5 Å². The van der Waals surface area contributed by atoms with Crippen molar-refractivity contribution in [3.63, 3.8) is 0 Å². The van der Waals surface area contributed by atoms with Gasteiger partial charge < -0.3 is 9.32 Å². The summed E-state index contributed by atoms with van der Waals surface area (Å²) in [5.41, 5.74) is 0.912. The van der Waals surface area contributed by atoms with Gasteiger partial charge in [-0.3, -0.25) is 4.79 Å². The Hall–Kier alpha value is -2.24. The van der Waals surface area contributed by atoms with E-state index < -0.39 is 5.82 Å². The Bertz CT molecular complexity index is 728. The van der Waals surface area contributed by atoms with Crippen molar-refractivity contribution in [2.45, 2.75) is 45.6 Å². The topological polar surface area (TPSA) is 59.2 Å². The van der Waals surface area contributed by atoms with Crippen molar-refractivity contribution in [1.82, 2.24) is 15.1 Å². The van der Waals surface area contributed by atoms with Crippen LogP contribution in [0.4, 0.5) is 4.39 Å². The fourth-order valence-electron chi connectivity index (χ4n) is 3.17. The average molecular weight is 317 g/mol. The van der Waals surface area contributed by atoms with Gasteiger partial charge >= 0.3 is 0 Å². The highest BCUT2D eigenvalue weighted by Crippen LogP contribution is 2.32. The summed E-state index contributed by atoms with van der Waals surface area (Å²) < 4.78 is 19.7. The molecule has 1 aliphatic rings. The lowest BCUT2D eigenvalue weighted by Crippen LogP contribution is -2.46. The number of hydrogen-bond donors (Lipinski definition) is 0. The number of aromatic nitrogens is 2. The first-order chi connectivity index (χ1) is 11.0. The average Bonchev–Trinajstić information content (AvgIpc) is 2.93. The summed E-state index contributed by atoms with van der Waals surface area (Å²) in [6.45, 7) is 6.10. The number of halogens is 1. The first kappa shape index (κ1) is 15.6. The van der Waals surface area contributed by atoms with Crippen LogP contribution in [0.1, 0.15) is 53.4 Å². The predicted molar refractivity (Wildman–Crippen MR) is 82.6 cm³/mol. The molecule has 2 atom stereocenters. The van der Waals surface area contributed by atoms with Crippen LogP contribution in [0.25, 0.3) is 0 Å². The van der Waals surface area contributed by atoms with Crippen LogP contribution in [0.15, 0.2) is 22.6 Å². The standard InChI is InChI=1S/C17H20FN3O2/c1-10-6-7-14(15(18)9-10)17(22)21-8-4-5-13(11(21)2)16-20-19-12(3)23-16/h6-7,9,11,13H,4-5,8H2,1-3H3/t11-,13-/m0/s1. The first-order valence-corrected chi connectivity index (χ1v) is 7.84. The van der Waals surface area contributed by atoms with Gasteiger partial charge in [0.1, 0.15) is 5.82 Å². The molecule has 3 rings (SSSR count). The summed E-state index contributed by atoms with van der Waals surface area (Å²) in [6, 6.07) is 4.58. The number of carbonyl (C=O) groups excluding carboxylic acids is 1. The number of amides is 1. The minimum atomic E-state index is -0.474. The molecule has 2 aromatic rings. The fourth-order valence-corrected chi connectivity index (χ4v) is 3.17. The Morgan fingerprint density at radius 3 is 2.78 bits per heavy atom. The van der Waals surface area contributed by atoms with Crippen molar-refractivity contribution in [2.75, 3.05) is 6.54 Å². The van der Waals surface area contributed by atoms with Crippen LogP contribution in [-0.2, 0) is 0 Å². The van der Waals surface area contributed by atoms with Gasteiger partial charge in [-0.1, -0.05) is 6.07 Å². The molecule has 23 heavy (non-hydrogen) atoms. The van der Waals surface area contributed by atoms with E-state index in [9.17, 15) is 9.18 Å². The van der Waals surface area contributed by atoms with Gasteiger partial charge in [-0.05, 0) is 44.4 Å². The molecule has 0 spiro atoms. The maximum absolute atomic E-state index is 14.1. The lowest BCUT2D eigenvalue weighted by atomic mass is 9.89. The molecule has 1 fully saturated rings. The molecule has 2 heterocycles. The molecule has 0 unspecified atom stereocenters. The molecule has 1 aromatic carbocycles. The summed E-state index contributed by atoms with van der Waals surface area (Å²) in [4.78, 5) is 14.5. The maximum atomic E-state index is 14.1. The Morgan fingerprint density at radius 1 is 1.35 bits per heavy atom. The lowest BCUT2D eigenvalue weighted by Gasteiger charge is -2.38. The molecule has 5 nitrogen and oxygen atoms in total. The zero-order chi connectivity index (χ0) is 16.6. The van der Waals surface area contributed by atoms with Gasteiger partial charge in [0.2, 0.25) is 11.8 Å². The highest BCUT2D eigenvalue weighted by Gasteiger charge is 2.36. The van der Waals surface area contributed by atoms with Crippen LogP contribution in [-0.4, -0.2) is 33.6 Å². The van der Waals surface area contributed by atoms with Crippen LogP contribution in [0.5, 0.6) is 0 Å². The second kappa shape index (κ2) is 6.10. The summed E-state index contributed by atoms with van der Waals surface area (Å²) in [5.74, 6) is 0.299. The largest absolute Gasteiger partial charge is 0.425 e. The number of rotatable bonds is 2. The number of aryl methyl sites for hydroxylation is 2. The molecule has 0 bridgehead atoms. The Labute approximate surface area is 134 Å². The number of carbonyl (C=O) groups is 1. The monoisotopic (exact) mass is 317 g/mol. The van der Waals surface area contributed by atoms with Gasteiger partial charge in [0.05, 0.1) is 11.5 Å². The van der Waals surface area contributed by atoms with Crippen molar-refractivity contribution in [1.29, 1.82) is 0 Å². The van der Waals surface area contributed by atoms with E-state index in [4.69, 9.17) is 4.42 Å². The molecular weight excluding hydrogens is 297 g/mol. The summed E-state index contributed by atoms with van der Waals surface area (Å²) in [7, 11) is 0. The molecule has 0 saturated carbocycles. The van der Waals surface area contributed by atoms with E-state index in [1.807, 2.05) is 6.92 Å². The van der Waals surface area contributed by atoms with E-state index in [0.717, 1.165) is 18.4 Å². The molecular formula is C17H20FN3O2. The van der Waals surface area contributed by atoms with Crippen molar-refractivity contribution < 1.29 is 13.6 Å². The van der Waals surface area contributed by atoms with Crippen molar-refractivity contribution in [3.8, 4) is 0 Å². The first-order valence-electron chi connectivity index (χ1n) is 7.84. The van der Waals surface area contributed by atoms with E-state index in [1.165, 1.54) is 6.07 Å². The molecule has 0 radical (unpaired) electrons. The third-order valence-corrected chi connectivity index (χ3v) is 4.46. The number of hydrogen-bond acceptors (Lipinski definition) is 4. The number of piperidine rings is 1. The Morgan fingerprint density at radius 2 is 2.13 bits per heavy atom. The highest BCUT2D eigenvalue weighted by atomic mass is 19.1. The van der Waals surface area contributed by atoms with Crippen LogP contribution in [0.3, 0.4) is 0 Å². The predicted octanol–water partition coefficient (Wildman–Crippen LogP) is 3.23. The van der Waals surface area contributed by atoms with Gasteiger partial charge in [-0.2, -0.15) is 0 Å². The normalized spacial score (nSPS) is 21.5. The number of benzene rings is 1. The van der Waals surface area contributed by atoms with Gasteiger partial charge in [0.15, 0.2) is 0 Å². The molecule has 1 aliphatic heterocycles. The van der Waals surface area contributed by atoms with E-state index in [1.54, 1.807) is 30.9 Å². The molecule has 6 heteroatoms. The summed E-state index contributed by atoms with van der Waals surface area (Å²) >= 11 is 0. The second-order valence-electron chi connectivity index (χ2n) is 6.13. The molecule has 122 valence electrons. The SMILES string of the molecule is Cc1ccc(C(=O)N2CCC[C@H](c3nnc(C)o3)[C@@H]2C)c(F)c1. The summed E-state index contributed by atoms with van der Waals surface area (Å²) in [6.07, 6.45) is 1.71. The van der Waals surface area contributed by atoms with Crippen LogP contribution >= 0.6 is 0 Å². The number of nitrogens with zero attached hydrogens (tertiary/aromatic N) is 3. The Balaban J connectivity index is 1.85. The molecule has 1 saturated heterocycles. The minimum absolute atomic E-state index is 0.0117. The number of likely N-dealkylation sites (tertiary alicyclic amines) is 1. The zero-order valence-corrected chi connectivity index (χ0v) is 13.5. The second-order valence-corrected chi connectivity index (χ2v) is 6.13. The third-order valence-electron chi connectivity index (χ3n) is 4.46. The zero-order valence-electron chi connectivity index (χ0n) is 13.5. The quantitative estimate of drug-likeness (QED) is 0.853. The fraction of sp³-hybridized carbons (Fsp3) is 0.471. The van der Waals surface area contributed by atoms with E-state index >= 15 is 0 Å². The minimum Gasteiger partial charge on any atom is -0.425 e. The summed E-state index contributed by atoms with van der Waals surface area (Å²) in [5, 5.41) is 7.95. The van der Waals surface area contributed by atoms with E-state index in [-0.39, 0.29) is 23.4 Å². The molecule has 0 N–H and O–H groups in total. The highest BCUT2D eigenvalue weighted by molar-refractivity contribution is 5.94. The third kappa shape index (κ3) is 2.98. The van der Waals surface area contributed by atoms with Crippen molar-refractivity contribution >= 4 is 5.91 Å². The molecule has 1 aromatic heterocycles.